The van der Waals surface area contributed by atoms with Crippen LogP contribution in [0, 0.1) is 0 Å². The van der Waals surface area contributed by atoms with Gasteiger partial charge in [-0.3, -0.25) is 0 Å². The Morgan fingerprint density at radius 2 is 2.06 bits per heavy atom. The molecule has 0 aliphatic heterocycles. The molecule has 1 unspecified atom stereocenters. The Balaban J connectivity index is 2.78. The fourth-order valence-corrected chi connectivity index (χ4v) is 2.38. The maximum atomic E-state index is 6.38. The first-order valence-corrected chi connectivity index (χ1v) is 7.21. The van der Waals surface area contributed by atoms with E-state index in [4.69, 9.17) is 11.6 Å². The molecule has 1 N–H and O–H groups in total. The molecule has 0 heterocycles. The average Bonchev–Trinajstić information content (AvgIpc) is 2.36. The summed E-state index contributed by atoms with van der Waals surface area (Å²) in [4.78, 5) is 2.23. The molecule has 1 aromatic carbocycles. The van der Waals surface area contributed by atoms with Crippen LogP contribution in [0.2, 0.25) is 5.02 Å². The van der Waals surface area contributed by atoms with Gasteiger partial charge in [-0.15, -0.1) is 0 Å². The predicted octanol–water partition coefficient (Wildman–Crippen LogP) is 4.25. The third-order valence-electron chi connectivity index (χ3n) is 3.24. The SMILES string of the molecule is CCCCN(C)c1ccc(C(C)NCC)cc1Cl. The summed E-state index contributed by atoms with van der Waals surface area (Å²) in [5.74, 6) is 0. The Morgan fingerprint density at radius 1 is 1.33 bits per heavy atom. The molecular weight excluding hydrogens is 244 g/mol. The molecule has 0 bridgehead atoms. The van der Waals surface area contributed by atoms with Crippen LogP contribution in [-0.4, -0.2) is 20.1 Å². The van der Waals surface area contributed by atoms with Crippen LogP contribution in [0.5, 0.6) is 0 Å². The van der Waals surface area contributed by atoms with Gasteiger partial charge in [0.15, 0.2) is 0 Å². The molecule has 0 spiro atoms. The van der Waals surface area contributed by atoms with Crippen LogP contribution < -0.4 is 10.2 Å². The molecule has 0 aliphatic carbocycles. The highest BCUT2D eigenvalue weighted by Gasteiger charge is 2.09. The monoisotopic (exact) mass is 268 g/mol. The smallest absolute Gasteiger partial charge is 0.0642 e. The second kappa shape index (κ2) is 7.65. The minimum atomic E-state index is 0.350. The van der Waals surface area contributed by atoms with E-state index in [-0.39, 0.29) is 0 Å². The first-order chi connectivity index (χ1) is 8.60. The molecular formula is C15H25ClN2. The molecule has 0 saturated carbocycles. The second-order valence-corrected chi connectivity index (χ2v) is 5.17. The van der Waals surface area contributed by atoms with Crippen molar-refractivity contribution in [3.05, 3.63) is 28.8 Å². The van der Waals surface area contributed by atoms with E-state index in [1.54, 1.807) is 0 Å². The molecule has 0 aliphatic rings. The van der Waals surface area contributed by atoms with E-state index in [9.17, 15) is 0 Å². The quantitative estimate of drug-likeness (QED) is 0.795. The summed E-state index contributed by atoms with van der Waals surface area (Å²) < 4.78 is 0. The number of halogens is 1. The zero-order valence-corrected chi connectivity index (χ0v) is 12.7. The van der Waals surface area contributed by atoms with Gasteiger partial charge in [-0.1, -0.05) is 37.9 Å². The van der Waals surface area contributed by atoms with Crippen LogP contribution in [0.3, 0.4) is 0 Å². The summed E-state index contributed by atoms with van der Waals surface area (Å²) in [7, 11) is 2.10. The molecule has 0 saturated heterocycles. The molecule has 1 atom stereocenters. The largest absolute Gasteiger partial charge is 0.373 e. The number of unbranched alkanes of at least 4 members (excludes halogenated alkanes) is 1. The fraction of sp³-hybridized carbons (Fsp3) is 0.600. The van der Waals surface area contributed by atoms with Crippen LogP contribution in [-0.2, 0) is 0 Å². The molecule has 102 valence electrons. The summed E-state index contributed by atoms with van der Waals surface area (Å²) in [5, 5.41) is 4.24. The predicted molar refractivity (Wildman–Crippen MR) is 81.7 cm³/mol. The van der Waals surface area contributed by atoms with Gasteiger partial charge < -0.3 is 10.2 Å². The highest BCUT2D eigenvalue weighted by atomic mass is 35.5. The van der Waals surface area contributed by atoms with Gasteiger partial charge in [0.1, 0.15) is 0 Å². The highest BCUT2D eigenvalue weighted by Crippen LogP contribution is 2.28. The van der Waals surface area contributed by atoms with Gasteiger partial charge in [0, 0.05) is 19.6 Å². The molecule has 18 heavy (non-hydrogen) atoms. The van der Waals surface area contributed by atoms with E-state index in [0.717, 1.165) is 23.8 Å². The number of nitrogens with one attached hydrogen (secondary N) is 1. The topological polar surface area (TPSA) is 15.3 Å². The molecule has 1 rings (SSSR count). The van der Waals surface area contributed by atoms with Gasteiger partial charge in [0.25, 0.3) is 0 Å². The van der Waals surface area contributed by atoms with E-state index >= 15 is 0 Å². The summed E-state index contributed by atoms with van der Waals surface area (Å²) in [6.45, 7) is 8.51. The number of benzene rings is 1. The molecule has 0 aromatic heterocycles. The minimum Gasteiger partial charge on any atom is -0.373 e. The average molecular weight is 269 g/mol. The van der Waals surface area contributed by atoms with Crippen LogP contribution in [0.15, 0.2) is 18.2 Å². The van der Waals surface area contributed by atoms with Crippen molar-refractivity contribution in [3.8, 4) is 0 Å². The standard InChI is InChI=1S/C15H25ClN2/c1-5-7-10-18(4)15-9-8-13(11-14(15)16)12(3)17-6-2/h8-9,11-12,17H,5-7,10H2,1-4H3. The second-order valence-electron chi connectivity index (χ2n) is 4.77. The van der Waals surface area contributed by atoms with Crippen LogP contribution in [0.25, 0.3) is 0 Å². The molecule has 0 fully saturated rings. The summed E-state index contributed by atoms with van der Waals surface area (Å²) >= 11 is 6.38. The maximum Gasteiger partial charge on any atom is 0.0642 e. The minimum absolute atomic E-state index is 0.350. The summed E-state index contributed by atoms with van der Waals surface area (Å²) in [6, 6.07) is 6.72. The molecule has 0 radical (unpaired) electrons. The summed E-state index contributed by atoms with van der Waals surface area (Å²) in [6.07, 6.45) is 2.40. The third kappa shape index (κ3) is 4.18. The van der Waals surface area contributed by atoms with Gasteiger partial charge in [0.2, 0.25) is 0 Å². The number of nitrogens with zero attached hydrogens (tertiary/aromatic N) is 1. The molecule has 0 amide bonds. The third-order valence-corrected chi connectivity index (χ3v) is 3.54. The number of hydrogen-bond acceptors (Lipinski definition) is 2. The van der Waals surface area contributed by atoms with Crippen LogP contribution in [0.1, 0.15) is 45.2 Å². The van der Waals surface area contributed by atoms with E-state index in [1.807, 2.05) is 0 Å². The Labute approximate surface area is 116 Å². The van der Waals surface area contributed by atoms with Gasteiger partial charge in [0.05, 0.1) is 10.7 Å². The lowest BCUT2D eigenvalue weighted by Crippen LogP contribution is -2.20. The Kier molecular flexibility index (Phi) is 6.51. The van der Waals surface area contributed by atoms with Crippen molar-refractivity contribution in [3.63, 3.8) is 0 Å². The van der Waals surface area contributed by atoms with Crippen molar-refractivity contribution in [2.24, 2.45) is 0 Å². The van der Waals surface area contributed by atoms with Crippen molar-refractivity contribution in [2.75, 3.05) is 25.0 Å². The van der Waals surface area contributed by atoms with Crippen molar-refractivity contribution in [2.45, 2.75) is 39.7 Å². The zero-order chi connectivity index (χ0) is 13.5. The van der Waals surface area contributed by atoms with E-state index in [0.29, 0.717) is 6.04 Å². The first kappa shape index (κ1) is 15.3. The lowest BCUT2D eigenvalue weighted by Gasteiger charge is -2.22. The van der Waals surface area contributed by atoms with Crippen molar-refractivity contribution in [1.29, 1.82) is 0 Å². The van der Waals surface area contributed by atoms with Gasteiger partial charge in [-0.25, -0.2) is 0 Å². The Bertz CT molecular complexity index is 366. The number of hydrogen-bond donors (Lipinski definition) is 1. The first-order valence-electron chi connectivity index (χ1n) is 6.84. The zero-order valence-electron chi connectivity index (χ0n) is 12.0. The normalized spacial score (nSPS) is 12.5. The van der Waals surface area contributed by atoms with Crippen molar-refractivity contribution < 1.29 is 0 Å². The van der Waals surface area contributed by atoms with Crippen molar-refractivity contribution in [1.82, 2.24) is 5.32 Å². The van der Waals surface area contributed by atoms with Gasteiger partial charge in [-0.05, 0) is 37.6 Å². The lowest BCUT2D eigenvalue weighted by molar-refractivity contribution is 0.598. The molecule has 1 aromatic rings. The van der Waals surface area contributed by atoms with Crippen LogP contribution >= 0.6 is 11.6 Å². The Hall–Kier alpha value is -0.730. The number of anilines is 1. The van der Waals surface area contributed by atoms with E-state index < -0.39 is 0 Å². The van der Waals surface area contributed by atoms with E-state index in [1.165, 1.54) is 18.4 Å². The Morgan fingerprint density at radius 3 is 2.61 bits per heavy atom. The van der Waals surface area contributed by atoms with Crippen LogP contribution in [0.4, 0.5) is 5.69 Å². The highest BCUT2D eigenvalue weighted by molar-refractivity contribution is 6.33. The molecule has 3 heteroatoms. The lowest BCUT2D eigenvalue weighted by atomic mass is 10.1. The maximum absolute atomic E-state index is 6.38. The fourth-order valence-electron chi connectivity index (χ4n) is 2.04. The van der Waals surface area contributed by atoms with Crippen molar-refractivity contribution >= 4 is 17.3 Å². The van der Waals surface area contributed by atoms with Gasteiger partial charge in [-0.2, -0.15) is 0 Å². The number of rotatable bonds is 7. The van der Waals surface area contributed by atoms with E-state index in [2.05, 4.69) is 56.2 Å². The van der Waals surface area contributed by atoms with Gasteiger partial charge >= 0.3 is 0 Å². The molecule has 2 nitrogen and oxygen atoms in total. The summed E-state index contributed by atoms with van der Waals surface area (Å²) in [5.41, 5.74) is 2.37.